The zero-order chi connectivity index (χ0) is 12.5. The van der Waals surface area contributed by atoms with E-state index >= 15 is 0 Å². The summed E-state index contributed by atoms with van der Waals surface area (Å²) in [4.78, 5) is 0. The van der Waals surface area contributed by atoms with E-state index in [0.717, 1.165) is 17.3 Å². The largest absolute Gasteiger partial charge is 0.383 e. The Kier molecular flexibility index (Phi) is 2.82. The predicted octanol–water partition coefficient (Wildman–Crippen LogP) is 3.33. The van der Waals surface area contributed by atoms with Crippen molar-refractivity contribution in [3.8, 4) is 11.1 Å². The van der Waals surface area contributed by atoms with Gasteiger partial charge in [0.1, 0.15) is 5.82 Å². The van der Waals surface area contributed by atoms with E-state index in [-0.39, 0.29) is 0 Å². The smallest absolute Gasteiger partial charge is 0.129 e. The van der Waals surface area contributed by atoms with Crippen molar-refractivity contribution >= 4 is 5.82 Å². The monoisotopic (exact) mass is 241 g/mol. The number of benzene rings is 1. The van der Waals surface area contributed by atoms with Crippen LogP contribution in [0.1, 0.15) is 37.2 Å². The highest BCUT2D eigenvalue weighted by atomic mass is 15.3. The lowest BCUT2D eigenvalue weighted by atomic mass is 9.94. The first kappa shape index (κ1) is 11.3. The van der Waals surface area contributed by atoms with Crippen LogP contribution in [0.25, 0.3) is 11.1 Å². The van der Waals surface area contributed by atoms with E-state index in [1.165, 1.54) is 36.8 Å². The first-order valence-electron chi connectivity index (χ1n) is 6.63. The molecule has 0 saturated heterocycles. The lowest BCUT2D eigenvalue weighted by molar-refractivity contribution is 0.723. The van der Waals surface area contributed by atoms with Crippen LogP contribution in [-0.4, -0.2) is 9.78 Å². The highest BCUT2D eigenvalue weighted by Gasteiger charge is 2.17. The Balaban J connectivity index is 1.98. The van der Waals surface area contributed by atoms with Crippen LogP contribution in [0.4, 0.5) is 5.82 Å². The van der Waals surface area contributed by atoms with Crippen molar-refractivity contribution < 1.29 is 0 Å². The number of aromatic nitrogens is 2. The maximum Gasteiger partial charge on any atom is 0.129 e. The van der Waals surface area contributed by atoms with Gasteiger partial charge in [0.15, 0.2) is 0 Å². The predicted molar refractivity (Wildman–Crippen MR) is 74.3 cm³/mol. The molecule has 0 amide bonds. The molecule has 0 aliphatic heterocycles. The normalized spacial score (nSPS) is 16.3. The molecular weight excluding hydrogens is 222 g/mol. The van der Waals surface area contributed by atoms with Gasteiger partial charge in [-0.25, -0.2) is 0 Å². The molecule has 3 heteroatoms. The molecule has 1 saturated carbocycles. The second-order valence-corrected chi connectivity index (χ2v) is 5.17. The molecule has 1 aliphatic rings. The van der Waals surface area contributed by atoms with Gasteiger partial charge in [0.2, 0.25) is 0 Å². The van der Waals surface area contributed by atoms with E-state index in [2.05, 4.69) is 29.4 Å². The maximum atomic E-state index is 6.04. The van der Waals surface area contributed by atoms with Crippen molar-refractivity contribution in [2.75, 3.05) is 5.73 Å². The number of nitrogen functional groups attached to an aromatic ring is 1. The Bertz CT molecular complexity index is 551. The molecule has 0 bridgehead atoms. The van der Waals surface area contributed by atoms with Crippen molar-refractivity contribution in [1.82, 2.24) is 9.78 Å². The number of anilines is 1. The van der Waals surface area contributed by atoms with Crippen LogP contribution in [0, 0.1) is 0 Å². The fraction of sp³-hybridized carbons (Fsp3) is 0.400. The summed E-state index contributed by atoms with van der Waals surface area (Å²) in [6, 6.07) is 8.77. The molecular formula is C15H19N3. The average Bonchev–Trinajstić information content (AvgIpc) is 3.02. The van der Waals surface area contributed by atoms with Crippen molar-refractivity contribution in [2.24, 2.45) is 7.05 Å². The van der Waals surface area contributed by atoms with Crippen molar-refractivity contribution in [3.63, 3.8) is 0 Å². The third-order valence-corrected chi connectivity index (χ3v) is 4.01. The Morgan fingerprint density at radius 3 is 2.72 bits per heavy atom. The molecule has 2 aromatic rings. The van der Waals surface area contributed by atoms with Crippen LogP contribution in [0.3, 0.4) is 0 Å². The zero-order valence-corrected chi connectivity index (χ0v) is 10.8. The summed E-state index contributed by atoms with van der Waals surface area (Å²) >= 11 is 0. The highest BCUT2D eigenvalue weighted by Crippen LogP contribution is 2.36. The van der Waals surface area contributed by atoms with Gasteiger partial charge in [0, 0.05) is 12.6 Å². The van der Waals surface area contributed by atoms with Crippen molar-refractivity contribution in [3.05, 3.63) is 36.0 Å². The van der Waals surface area contributed by atoms with E-state index in [1.54, 1.807) is 4.68 Å². The lowest BCUT2D eigenvalue weighted by Gasteiger charge is -2.11. The van der Waals surface area contributed by atoms with Crippen LogP contribution in [0.2, 0.25) is 0 Å². The molecule has 94 valence electrons. The van der Waals surface area contributed by atoms with Gasteiger partial charge in [0.05, 0.1) is 6.20 Å². The summed E-state index contributed by atoms with van der Waals surface area (Å²) in [6.07, 6.45) is 7.23. The molecule has 1 aromatic carbocycles. The standard InChI is InChI=1S/C15H19N3/c1-18-15(16)14(10-17-18)13-8-4-7-12(9-13)11-5-2-3-6-11/h4,7-11H,2-3,5-6,16H2,1H3. The molecule has 3 nitrogen and oxygen atoms in total. The van der Waals surface area contributed by atoms with Gasteiger partial charge in [-0.1, -0.05) is 37.1 Å². The maximum absolute atomic E-state index is 6.04. The molecule has 3 rings (SSSR count). The second-order valence-electron chi connectivity index (χ2n) is 5.17. The van der Waals surface area contributed by atoms with Crippen molar-refractivity contribution in [1.29, 1.82) is 0 Å². The molecule has 1 fully saturated rings. The average molecular weight is 241 g/mol. The third kappa shape index (κ3) is 1.90. The van der Waals surface area contributed by atoms with Gasteiger partial charge < -0.3 is 5.73 Å². The third-order valence-electron chi connectivity index (χ3n) is 4.01. The fourth-order valence-corrected chi connectivity index (χ4v) is 2.89. The molecule has 0 spiro atoms. The van der Waals surface area contributed by atoms with E-state index in [9.17, 15) is 0 Å². The van der Waals surface area contributed by atoms with E-state index in [0.29, 0.717) is 0 Å². The Morgan fingerprint density at radius 2 is 2.06 bits per heavy atom. The number of nitrogens with two attached hydrogens (primary N) is 1. The first-order chi connectivity index (χ1) is 8.75. The molecule has 18 heavy (non-hydrogen) atoms. The van der Waals surface area contributed by atoms with E-state index < -0.39 is 0 Å². The molecule has 1 aromatic heterocycles. The number of aryl methyl sites for hydroxylation is 1. The molecule has 0 atom stereocenters. The number of nitrogens with zero attached hydrogens (tertiary/aromatic N) is 2. The molecule has 1 aliphatic carbocycles. The van der Waals surface area contributed by atoms with Crippen LogP contribution < -0.4 is 5.73 Å². The van der Waals surface area contributed by atoms with Crippen LogP contribution in [0.15, 0.2) is 30.5 Å². The number of rotatable bonds is 2. The zero-order valence-electron chi connectivity index (χ0n) is 10.8. The van der Waals surface area contributed by atoms with Crippen LogP contribution in [-0.2, 0) is 7.05 Å². The summed E-state index contributed by atoms with van der Waals surface area (Å²) in [5.41, 5.74) is 9.72. The molecule has 0 radical (unpaired) electrons. The summed E-state index contributed by atoms with van der Waals surface area (Å²) in [7, 11) is 1.87. The Hall–Kier alpha value is -1.77. The van der Waals surface area contributed by atoms with Gasteiger partial charge in [-0.05, 0) is 29.9 Å². The highest BCUT2D eigenvalue weighted by molar-refractivity contribution is 5.73. The SMILES string of the molecule is Cn1ncc(-c2cccc(C3CCCC3)c2)c1N. The summed E-state index contributed by atoms with van der Waals surface area (Å²) in [5, 5.41) is 4.21. The minimum Gasteiger partial charge on any atom is -0.383 e. The van der Waals surface area contributed by atoms with Gasteiger partial charge in [0.25, 0.3) is 0 Å². The van der Waals surface area contributed by atoms with Gasteiger partial charge in [-0.2, -0.15) is 5.10 Å². The minimum absolute atomic E-state index is 0.735. The molecule has 0 unspecified atom stereocenters. The van der Waals surface area contributed by atoms with Crippen molar-refractivity contribution in [2.45, 2.75) is 31.6 Å². The van der Waals surface area contributed by atoms with Crippen LogP contribution in [0.5, 0.6) is 0 Å². The van der Waals surface area contributed by atoms with Gasteiger partial charge in [-0.15, -0.1) is 0 Å². The molecule has 2 N–H and O–H groups in total. The second kappa shape index (κ2) is 4.48. The van der Waals surface area contributed by atoms with Gasteiger partial charge >= 0.3 is 0 Å². The van der Waals surface area contributed by atoms with Crippen LogP contribution >= 0.6 is 0 Å². The summed E-state index contributed by atoms with van der Waals surface area (Å²) < 4.78 is 1.72. The van der Waals surface area contributed by atoms with E-state index in [4.69, 9.17) is 5.73 Å². The quantitative estimate of drug-likeness (QED) is 0.876. The first-order valence-corrected chi connectivity index (χ1v) is 6.63. The fourth-order valence-electron chi connectivity index (χ4n) is 2.89. The Labute approximate surface area is 108 Å². The topological polar surface area (TPSA) is 43.8 Å². The summed E-state index contributed by atoms with van der Waals surface area (Å²) in [5.74, 6) is 1.47. The molecule has 1 heterocycles. The van der Waals surface area contributed by atoms with Gasteiger partial charge in [-0.3, -0.25) is 4.68 Å². The lowest BCUT2D eigenvalue weighted by Crippen LogP contribution is -1.98. The summed E-state index contributed by atoms with van der Waals surface area (Å²) in [6.45, 7) is 0. The Morgan fingerprint density at radius 1 is 1.28 bits per heavy atom. The van der Waals surface area contributed by atoms with E-state index in [1.807, 2.05) is 13.2 Å². The minimum atomic E-state index is 0.735. The number of hydrogen-bond acceptors (Lipinski definition) is 2. The number of hydrogen-bond donors (Lipinski definition) is 1.